The summed E-state index contributed by atoms with van der Waals surface area (Å²) in [5.41, 5.74) is 0.669. The zero-order valence-corrected chi connectivity index (χ0v) is 7.34. The second-order valence-corrected chi connectivity index (χ2v) is 3.04. The minimum Gasteiger partial charge on any atom is -0.345 e. The van der Waals surface area contributed by atoms with Gasteiger partial charge in [0.1, 0.15) is 5.65 Å². The maximum Gasteiger partial charge on any atom is 0.329 e. The average Bonchev–Trinajstić information content (AvgIpc) is 2.42. The number of nitrogens with one attached hydrogen (secondary N) is 2. The second kappa shape index (κ2) is 2.35. The standard InChI is InChI=1S/C8H9N3O2/c1-4-3-5-6(9-4)10-8(13)11(2)7(5)12/h3,9H,1-2H3,(H,10,13). The molecule has 2 aromatic rings. The maximum absolute atomic E-state index is 11.5. The molecule has 0 bridgehead atoms. The molecule has 0 saturated carbocycles. The summed E-state index contributed by atoms with van der Waals surface area (Å²) in [6.07, 6.45) is 0. The first-order chi connectivity index (χ1) is 6.09. The molecule has 0 aliphatic heterocycles. The van der Waals surface area contributed by atoms with Gasteiger partial charge in [-0.2, -0.15) is 0 Å². The molecule has 0 spiro atoms. The molecule has 0 atom stereocenters. The van der Waals surface area contributed by atoms with Gasteiger partial charge in [0.05, 0.1) is 5.39 Å². The van der Waals surface area contributed by atoms with E-state index in [9.17, 15) is 9.59 Å². The molecule has 68 valence electrons. The Bertz CT molecular complexity index is 573. The van der Waals surface area contributed by atoms with E-state index < -0.39 is 5.69 Å². The van der Waals surface area contributed by atoms with Gasteiger partial charge in [0.15, 0.2) is 0 Å². The maximum atomic E-state index is 11.5. The average molecular weight is 179 g/mol. The zero-order chi connectivity index (χ0) is 9.59. The van der Waals surface area contributed by atoms with Gasteiger partial charge in [-0.1, -0.05) is 0 Å². The first-order valence-corrected chi connectivity index (χ1v) is 3.88. The molecule has 0 amide bonds. The molecule has 0 aliphatic carbocycles. The van der Waals surface area contributed by atoms with Gasteiger partial charge in [-0.05, 0) is 13.0 Å². The molecule has 0 aromatic carbocycles. The minimum absolute atomic E-state index is 0.275. The van der Waals surface area contributed by atoms with Crippen molar-refractivity contribution < 1.29 is 0 Å². The molecule has 2 rings (SSSR count). The molecule has 2 heterocycles. The topological polar surface area (TPSA) is 70.7 Å². The molecule has 0 saturated heterocycles. The molecule has 2 aromatic heterocycles. The van der Waals surface area contributed by atoms with Crippen LogP contribution < -0.4 is 11.2 Å². The van der Waals surface area contributed by atoms with E-state index in [2.05, 4.69) is 9.97 Å². The Hall–Kier alpha value is -1.78. The normalized spacial score (nSPS) is 10.9. The highest BCUT2D eigenvalue weighted by Gasteiger charge is 2.05. The smallest absolute Gasteiger partial charge is 0.329 e. The highest BCUT2D eigenvalue weighted by Crippen LogP contribution is 2.04. The number of nitrogens with zero attached hydrogens (tertiary/aromatic N) is 1. The summed E-state index contributed by atoms with van der Waals surface area (Å²) in [7, 11) is 1.45. The Morgan fingerprint density at radius 1 is 1.31 bits per heavy atom. The van der Waals surface area contributed by atoms with Crippen LogP contribution in [0, 0.1) is 6.92 Å². The van der Waals surface area contributed by atoms with Crippen molar-refractivity contribution in [2.45, 2.75) is 6.92 Å². The van der Waals surface area contributed by atoms with Gasteiger partial charge < -0.3 is 4.98 Å². The van der Waals surface area contributed by atoms with Crippen molar-refractivity contribution in [3.05, 3.63) is 32.6 Å². The molecule has 0 fully saturated rings. The van der Waals surface area contributed by atoms with E-state index >= 15 is 0 Å². The van der Waals surface area contributed by atoms with E-state index in [-0.39, 0.29) is 5.56 Å². The fourth-order valence-electron chi connectivity index (χ4n) is 1.32. The summed E-state index contributed by atoms with van der Waals surface area (Å²) < 4.78 is 1.05. The summed E-state index contributed by atoms with van der Waals surface area (Å²) in [5, 5.41) is 0.514. The van der Waals surface area contributed by atoms with Crippen LogP contribution >= 0.6 is 0 Å². The summed E-state index contributed by atoms with van der Waals surface area (Å²) in [5.74, 6) is 0. The molecule has 5 nitrogen and oxygen atoms in total. The highest BCUT2D eigenvalue weighted by molar-refractivity contribution is 5.74. The highest BCUT2D eigenvalue weighted by atomic mass is 16.2. The molecular weight excluding hydrogens is 170 g/mol. The first-order valence-electron chi connectivity index (χ1n) is 3.88. The fraction of sp³-hybridized carbons (Fsp3) is 0.250. The van der Waals surface area contributed by atoms with Crippen molar-refractivity contribution in [1.82, 2.24) is 14.5 Å². The SMILES string of the molecule is Cc1cc2c(=O)n(C)c(=O)[nH]c2[nH]1. The molecular formula is C8H9N3O2. The van der Waals surface area contributed by atoms with Crippen LogP contribution in [-0.2, 0) is 7.05 Å². The van der Waals surface area contributed by atoms with Gasteiger partial charge in [0, 0.05) is 12.7 Å². The van der Waals surface area contributed by atoms with Crippen LogP contribution in [0.1, 0.15) is 5.69 Å². The van der Waals surface area contributed by atoms with Gasteiger partial charge in [-0.3, -0.25) is 14.3 Å². The lowest BCUT2D eigenvalue weighted by Crippen LogP contribution is -2.31. The van der Waals surface area contributed by atoms with E-state index in [0.717, 1.165) is 10.3 Å². The fourth-order valence-corrected chi connectivity index (χ4v) is 1.32. The van der Waals surface area contributed by atoms with Crippen molar-refractivity contribution in [3.8, 4) is 0 Å². The molecule has 13 heavy (non-hydrogen) atoms. The minimum atomic E-state index is -0.403. The molecule has 5 heteroatoms. The van der Waals surface area contributed by atoms with Crippen LogP contribution in [0.25, 0.3) is 11.0 Å². The lowest BCUT2D eigenvalue weighted by atomic mass is 10.4. The van der Waals surface area contributed by atoms with E-state index in [1.807, 2.05) is 6.92 Å². The Kier molecular flexibility index (Phi) is 1.42. The van der Waals surface area contributed by atoms with Gasteiger partial charge in [-0.15, -0.1) is 0 Å². The van der Waals surface area contributed by atoms with Crippen molar-refractivity contribution in [3.63, 3.8) is 0 Å². The Balaban J connectivity index is 3.10. The Morgan fingerprint density at radius 3 is 2.69 bits per heavy atom. The summed E-state index contributed by atoms with van der Waals surface area (Å²) in [6, 6.07) is 1.72. The molecule has 0 radical (unpaired) electrons. The third-order valence-corrected chi connectivity index (χ3v) is 2.02. The summed E-state index contributed by atoms with van der Waals surface area (Å²) in [4.78, 5) is 28.1. The lowest BCUT2D eigenvalue weighted by Gasteiger charge is -1.94. The predicted molar refractivity (Wildman–Crippen MR) is 48.9 cm³/mol. The number of aromatic nitrogens is 3. The summed E-state index contributed by atoms with van der Waals surface area (Å²) >= 11 is 0. The lowest BCUT2D eigenvalue weighted by molar-refractivity contribution is 0.792. The Morgan fingerprint density at radius 2 is 2.00 bits per heavy atom. The van der Waals surface area contributed by atoms with Crippen molar-refractivity contribution in [2.24, 2.45) is 7.05 Å². The molecule has 0 unspecified atom stereocenters. The van der Waals surface area contributed by atoms with Gasteiger partial charge >= 0.3 is 5.69 Å². The van der Waals surface area contributed by atoms with Crippen molar-refractivity contribution in [2.75, 3.05) is 0 Å². The zero-order valence-electron chi connectivity index (χ0n) is 7.34. The van der Waals surface area contributed by atoms with Crippen molar-refractivity contribution in [1.29, 1.82) is 0 Å². The van der Waals surface area contributed by atoms with Crippen LogP contribution in [0.2, 0.25) is 0 Å². The largest absolute Gasteiger partial charge is 0.345 e. The predicted octanol–water partition coefficient (Wildman–Crippen LogP) is -0.137. The van der Waals surface area contributed by atoms with Gasteiger partial charge in [-0.25, -0.2) is 4.79 Å². The Labute approximate surface area is 73.0 Å². The van der Waals surface area contributed by atoms with E-state index in [0.29, 0.717) is 11.0 Å². The molecule has 2 N–H and O–H groups in total. The molecule has 0 aliphatic rings. The monoisotopic (exact) mass is 179 g/mol. The van der Waals surface area contributed by atoms with Crippen LogP contribution in [0.5, 0.6) is 0 Å². The van der Waals surface area contributed by atoms with E-state index in [1.54, 1.807) is 6.07 Å². The third kappa shape index (κ3) is 1.00. The number of hydrogen-bond acceptors (Lipinski definition) is 2. The van der Waals surface area contributed by atoms with Crippen molar-refractivity contribution >= 4 is 11.0 Å². The number of aromatic amines is 2. The number of fused-ring (bicyclic) bond motifs is 1. The number of aryl methyl sites for hydroxylation is 1. The van der Waals surface area contributed by atoms with Gasteiger partial charge in [0.25, 0.3) is 5.56 Å². The van der Waals surface area contributed by atoms with Gasteiger partial charge in [0.2, 0.25) is 0 Å². The van der Waals surface area contributed by atoms with E-state index in [4.69, 9.17) is 0 Å². The second-order valence-electron chi connectivity index (χ2n) is 3.04. The van der Waals surface area contributed by atoms with Crippen LogP contribution in [0.3, 0.4) is 0 Å². The summed E-state index contributed by atoms with van der Waals surface area (Å²) in [6.45, 7) is 1.83. The number of H-pyrrole nitrogens is 2. The first kappa shape index (κ1) is 7.85. The number of hydrogen-bond donors (Lipinski definition) is 2. The van der Waals surface area contributed by atoms with Crippen LogP contribution in [0.4, 0.5) is 0 Å². The van der Waals surface area contributed by atoms with E-state index in [1.165, 1.54) is 7.05 Å². The van der Waals surface area contributed by atoms with Crippen LogP contribution in [0.15, 0.2) is 15.7 Å². The third-order valence-electron chi connectivity index (χ3n) is 2.02. The van der Waals surface area contributed by atoms with Crippen LogP contribution in [-0.4, -0.2) is 14.5 Å². The number of rotatable bonds is 0. The quantitative estimate of drug-likeness (QED) is 0.591.